The molecule has 0 spiro atoms. The van der Waals surface area contributed by atoms with Gasteiger partial charge in [-0.1, -0.05) is 6.92 Å². The van der Waals surface area contributed by atoms with Crippen molar-refractivity contribution in [3.8, 4) is 0 Å². The van der Waals surface area contributed by atoms with E-state index < -0.39 is 0 Å². The van der Waals surface area contributed by atoms with Crippen molar-refractivity contribution in [1.82, 2.24) is 0 Å². The summed E-state index contributed by atoms with van der Waals surface area (Å²) in [6.07, 6.45) is 0. The predicted octanol–water partition coefficient (Wildman–Crippen LogP) is 0.150. The summed E-state index contributed by atoms with van der Waals surface area (Å²) in [6, 6.07) is 0. The first kappa shape index (κ1) is 8.05. The molecule has 10 heavy (non-hydrogen) atoms. The fourth-order valence-corrected chi connectivity index (χ4v) is 0.818. The summed E-state index contributed by atoms with van der Waals surface area (Å²) in [6.45, 7) is 5.10. The zero-order chi connectivity index (χ0) is 7.61. The molecule has 1 rings (SSSR count). The van der Waals surface area contributed by atoms with Crippen LogP contribution in [0.15, 0.2) is 0 Å². The summed E-state index contributed by atoms with van der Waals surface area (Å²) in [7, 11) is -0.111. The molecule has 0 aromatic rings. The minimum atomic E-state index is -0.188. The molecule has 0 bridgehead atoms. The molecule has 3 nitrogen and oxygen atoms in total. The second kappa shape index (κ2) is 2.90. The molecule has 58 valence electrons. The molecule has 4 heteroatoms. The Labute approximate surface area is 61.5 Å². The van der Waals surface area contributed by atoms with Crippen LogP contribution in [0.4, 0.5) is 0 Å². The maximum absolute atomic E-state index is 8.88. The summed E-state index contributed by atoms with van der Waals surface area (Å²) in [5.41, 5.74) is -0.188. The molecule has 0 atom stereocenters. The van der Waals surface area contributed by atoms with E-state index in [0.29, 0.717) is 13.2 Å². The Morgan fingerprint density at radius 1 is 1.50 bits per heavy atom. The highest BCUT2D eigenvalue weighted by molar-refractivity contribution is 6.42. The van der Waals surface area contributed by atoms with E-state index in [4.69, 9.17) is 14.4 Å². The number of hydrogen-bond acceptors (Lipinski definition) is 3. The van der Waals surface area contributed by atoms with Crippen LogP contribution in [0.1, 0.15) is 6.92 Å². The quantitative estimate of drug-likeness (QED) is 0.532. The lowest BCUT2D eigenvalue weighted by atomic mass is 9.86. The van der Waals surface area contributed by atoms with Gasteiger partial charge in [0.25, 0.3) is 0 Å². The van der Waals surface area contributed by atoms with Crippen molar-refractivity contribution >= 4 is 7.12 Å². The molecule has 1 aliphatic rings. The average molecular weight is 144 g/mol. The van der Waals surface area contributed by atoms with Crippen molar-refractivity contribution in [2.24, 2.45) is 5.41 Å². The molecule has 1 aliphatic heterocycles. The van der Waals surface area contributed by atoms with Gasteiger partial charge in [0.1, 0.15) is 0 Å². The van der Waals surface area contributed by atoms with Gasteiger partial charge in [-0.2, -0.15) is 0 Å². The molecule has 0 aliphatic carbocycles. The first-order valence-electron chi connectivity index (χ1n) is 3.50. The highest BCUT2D eigenvalue weighted by atomic mass is 16.6. The van der Waals surface area contributed by atoms with E-state index in [0.717, 1.165) is 0 Å². The van der Waals surface area contributed by atoms with Crippen LogP contribution >= 0.6 is 0 Å². The van der Waals surface area contributed by atoms with Crippen LogP contribution < -0.4 is 0 Å². The molecule has 0 unspecified atom stereocenters. The average Bonchev–Trinajstić information content (AvgIpc) is 1.96. The Bertz CT molecular complexity index is 110. The molecular formula is C6H13BO3. The molecule has 0 radical (unpaired) electrons. The molecule has 0 aromatic heterocycles. The summed E-state index contributed by atoms with van der Waals surface area (Å²) in [4.78, 5) is 0. The fraction of sp³-hybridized carbons (Fsp3) is 1.00. The summed E-state index contributed by atoms with van der Waals surface area (Å²) < 4.78 is 10.4. The Balaban J connectivity index is 2.38. The van der Waals surface area contributed by atoms with Gasteiger partial charge in [0, 0.05) is 18.6 Å². The van der Waals surface area contributed by atoms with Crippen molar-refractivity contribution in [1.29, 1.82) is 0 Å². The van der Waals surface area contributed by atoms with Crippen molar-refractivity contribution in [3.05, 3.63) is 0 Å². The number of rotatable bonds is 1. The van der Waals surface area contributed by atoms with Crippen LogP contribution in [0.5, 0.6) is 0 Å². The van der Waals surface area contributed by atoms with Gasteiger partial charge in [0.15, 0.2) is 0 Å². The lowest BCUT2D eigenvalue weighted by Crippen LogP contribution is -2.43. The fourth-order valence-electron chi connectivity index (χ4n) is 0.818. The minimum absolute atomic E-state index is 0.111. The predicted molar refractivity (Wildman–Crippen MR) is 38.7 cm³/mol. The van der Waals surface area contributed by atoms with Gasteiger partial charge < -0.3 is 14.4 Å². The second-order valence-electron chi connectivity index (χ2n) is 3.16. The summed E-state index contributed by atoms with van der Waals surface area (Å²) >= 11 is 0. The second-order valence-corrected chi connectivity index (χ2v) is 3.16. The molecule has 0 aromatic carbocycles. The lowest BCUT2D eigenvalue weighted by Gasteiger charge is -2.33. The first-order valence-corrected chi connectivity index (χ1v) is 3.50. The normalized spacial score (nSPS) is 24.9. The van der Waals surface area contributed by atoms with Gasteiger partial charge >= 0.3 is 7.12 Å². The lowest BCUT2D eigenvalue weighted by molar-refractivity contribution is -0.0167. The largest absolute Gasteiger partial charge is 0.453 e. The van der Waals surface area contributed by atoms with E-state index in [-0.39, 0.29) is 19.1 Å². The third kappa shape index (κ3) is 1.72. The maximum Gasteiger partial charge on any atom is 0.453 e. The Morgan fingerprint density at radius 2 is 2.00 bits per heavy atom. The van der Waals surface area contributed by atoms with E-state index in [1.54, 1.807) is 0 Å². The maximum atomic E-state index is 8.88. The van der Waals surface area contributed by atoms with Gasteiger partial charge in [-0.25, -0.2) is 0 Å². The zero-order valence-electron chi connectivity index (χ0n) is 6.46. The molecule has 1 N–H and O–H groups in total. The van der Waals surface area contributed by atoms with Crippen LogP contribution in [-0.2, 0) is 9.31 Å². The smallest absolute Gasteiger partial charge is 0.411 e. The van der Waals surface area contributed by atoms with Crippen LogP contribution in [0, 0.1) is 5.41 Å². The topological polar surface area (TPSA) is 38.7 Å². The van der Waals surface area contributed by atoms with Crippen molar-refractivity contribution in [3.63, 3.8) is 0 Å². The molecule has 0 saturated carbocycles. The number of aliphatic hydroxyl groups is 1. The van der Waals surface area contributed by atoms with Gasteiger partial charge in [-0.05, 0) is 6.82 Å². The zero-order valence-corrected chi connectivity index (χ0v) is 6.46. The third-order valence-electron chi connectivity index (χ3n) is 1.71. The Kier molecular flexibility index (Phi) is 2.34. The molecule has 1 fully saturated rings. The van der Waals surface area contributed by atoms with Crippen LogP contribution in [0.3, 0.4) is 0 Å². The van der Waals surface area contributed by atoms with Crippen LogP contribution in [0.2, 0.25) is 6.82 Å². The standard InChI is InChI=1S/C6H13BO3/c1-6(3-8)4-9-7(2)10-5-6/h8H,3-5H2,1-2H3. The highest BCUT2D eigenvalue weighted by Crippen LogP contribution is 2.21. The monoisotopic (exact) mass is 144 g/mol. The van der Waals surface area contributed by atoms with E-state index >= 15 is 0 Å². The van der Waals surface area contributed by atoms with E-state index in [1.807, 2.05) is 13.7 Å². The van der Waals surface area contributed by atoms with Crippen LogP contribution in [-0.4, -0.2) is 32.0 Å². The molecule has 0 amide bonds. The summed E-state index contributed by atoms with van der Waals surface area (Å²) in [5.74, 6) is 0. The van der Waals surface area contributed by atoms with Crippen molar-refractivity contribution in [2.75, 3.05) is 19.8 Å². The van der Waals surface area contributed by atoms with E-state index in [9.17, 15) is 0 Å². The first-order chi connectivity index (χ1) is 4.66. The van der Waals surface area contributed by atoms with Crippen molar-refractivity contribution in [2.45, 2.75) is 13.7 Å². The molecule has 1 saturated heterocycles. The SMILES string of the molecule is CB1OCC(C)(CO)CO1. The van der Waals surface area contributed by atoms with Gasteiger partial charge in [-0.15, -0.1) is 0 Å². The van der Waals surface area contributed by atoms with Gasteiger partial charge in [-0.3, -0.25) is 0 Å². The molecule has 1 heterocycles. The Hall–Kier alpha value is -0.0551. The minimum Gasteiger partial charge on any atom is -0.411 e. The Morgan fingerprint density at radius 3 is 2.40 bits per heavy atom. The number of hydrogen-bond donors (Lipinski definition) is 1. The van der Waals surface area contributed by atoms with Gasteiger partial charge in [0.05, 0.1) is 6.61 Å². The van der Waals surface area contributed by atoms with Crippen molar-refractivity contribution < 1.29 is 14.4 Å². The van der Waals surface area contributed by atoms with E-state index in [2.05, 4.69) is 0 Å². The highest BCUT2D eigenvalue weighted by Gasteiger charge is 2.32. The third-order valence-corrected chi connectivity index (χ3v) is 1.71. The number of aliphatic hydroxyl groups excluding tert-OH is 1. The van der Waals surface area contributed by atoms with Gasteiger partial charge in [0.2, 0.25) is 0 Å². The van der Waals surface area contributed by atoms with Crippen LogP contribution in [0.25, 0.3) is 0 Å². The molecular weight excluding hydrogens is 131 g/mol. The summed E-state index contributed by atoms with van der Waals surface area (Å²) in [5, 5.41) is 8.88. The van der Waals surface area contributed by atoms with E-state index in [1.165, 1.54) is 0 Å².